The Morgan fingerprint density at radius 3 is 2.07 bits per heavy atom. The SMILES string of the molecule is Cc1ccc2[nH]cc(C[C@H](NC(=O)[C@H](CC(C)C)NCP(=O)(OCc3ccccc3)OCc3ccccc3)C(=O)O)c2c1. The van der Waals surface area contributed by atoms with Crippen molar-refractivity contribution in [2.45, 2.75) is 58.9 Å². The first kappa shape index (κ1) is 32.2. The quantitative estimate of drug-likeness (QED) is 0.112. The first-order valence-corrected chi connectivity index (χ1v) is 16.1. The molecule has 0 aliphatic heterocycles. The normalized spacial score (nSPS) is 13.2. The number of amides is 1. The number of aromatic amines is 1. The predicted octanol–water partition coefficient (Wildman–Crippen LogP) is 6.18. The fourth-order valence-corrected chi connectivity index (χ4v) is 6.15. The number of aliphatic carboxylic acids is 1. The van der Waals surface area contributed by atoms with Crippen LogP contribution in [0.15, 0.2) is 85.1 Å². The van der Waals surface area contributed by atoms with Crippen molar-refractivity contribution in [1.29, 1.82) is 0 Å². The second-order valence-corrected chi connectivity index (χ2v) is 13.2. The van der Waals surface area contributed by atoms with Gasteiger partial charge in [-0.1, -0.05) is 86.1 Å². The van der Waals surface area contributed by atoms with E-state index in [1.165, 1.54) is 0 Å². The van der Waals surface area contributed by atoms with E-state index in [1.54, 1.807) is 6.20 Å². The number of H-pyrrole nitrogens is 1. The van der Waals surface area contributed by atoms with Crippen molar-refractivity contribution in [2.75, 3.05) is 6.29 Å². The van der Waals surface area contributed by atoms with Crippen LogP contribution in [0.1, 0.15) is 42.5 Å². The molecule has 0 aliphatic rings. The van der Waals surface area contributed by atoms with Gasteiger partial charge in [0.1, 0.15) is 6.04 Å². The minimum absolute atomic E-state index is 0.0703. The number of nitrogens with one attached hydrogen (secondary N) is 3. The lowest BCUT2D eigenvalue weighted by Gasteiger charge is -2.25. The van der Waals surface area contributed by atoms with Gasteiger partial charge in [0.2, 0.25) is 5.91 Å². The zero-order valence-corrected chi connectivity index (χ0v) is 25.7. The summed E-state index contributed by atoms with van der Waals surface area (Å²) in [7, 11) is -3.73. The summed E-state index contributed by atoms with van der Waals surface area (Å²) in [5, 5.41) is 16.7. The summed E-state index contributed by atoms with van der Waals surface area (Å²) in [6, 6.07) is 22.6. The molecule has 3 aromatic carbocycles. The van der Waals surface area contributed by atoms with Crippen LogP contribution in [0, 0.1) is 12.8 Å². The zero-order valence-electron chi connectivity index (χ0n) is 24.8. The van der Waals surface area contributed by atoms with E-state index in [0.29, 0.717) is 6.42 Å². The van der Waals surface area contributed by atoms with Gasteiger partial charge in [-0.25, -0.2) is 4.79 Å². The minimum Gasteiger partial charge on any atom is -0.480 e. The van der Waals surface area contributed by atoms with Gasteiger partial charge in [0.15, 0.2) is 0 Å². The lowest BCUT2D eigenvalue weighted by molar-refractivity contribution is -0.142. The Balaban J connectivity index is 1.47. The van der Waals surface area contributed by atoms with E-state index in [4.69, 9.17) is 9.05 Å². The van der Waals surface area contributed by atoms with Crippen molar-refractivity contribution in [3.8, 4) is 0 Å². The molecule has 10 heteroatoms. The highest BCUT2D eigenvalue weighted by Gasteiger charge is 2.31. The van der Waals surface area contributed by atoms with Crippen LogP contribution in [0.4, 0.5) is 0 Å². The standard InChI is InChI=1S/C33H40N3O6P/c1-23(2)16-30(32(37)36-31(33(38)39)18-27-19-34-29-15-14-24(3)17-28(27)29)35-22-43(40,41-20-25-10-6-4-7-11-25)42-21-26-12-8-5-9-13-26/h4-15,17,19,23,30-31,34-35H,16,18,20-22H2,1-3H3,(H,36,37)(H,38,39)/t30-,31-/m0/s1. The average Bonchev–Trinajstić information content (AvgIpc) is 3.39. The second kappa shape index (κ2) is 15.1. The molecule has 0 bridgehead atoms. The fraction of sp³-hybridized carbons (Fsp3) is 0.333. The van der Waals surface area contributed by atoms with Crippen LogP contribution in [0.3, 0.4) is 0 Å². The third kappa shape index (κ3) is 9.63. The summed E-state index contributed by atoms with van der Waals surface area (Å²) in [5.74, 6) is -1.53. The highest BCUT2D eigenvalue weighted by atomic mass is 31.2. The molecule has 1 aromatic heterocycles. The van der Waals surface area contributed by atoms with Crippen molar-refractivity contribution in [3.05, 3.63) is 107 Å². The third-order valence-electron chi connectivity index (χ3n) is 7.06. The van der Waals surface area contributed by atoms with Crippen LogP contribution in [-0.2, 0) is 42.8 Å². The maximum absolute atomic E-state index is 13.9. The van der Waals surface area contributed by atoms with Gasteiger partial charge >= 0.3 is 13.6 Å². The lowest BCUT2D eigenvalue weighted by atomic mass is 10.0. The molecule has 4 rings (SSSR count). The first-order chi connectivity index (χ1) is 20.6. The van der Waals surface area contributed by atoms with Crippen molar-refractivity contribution in [1.82, 2.24) is 15.6 Å². The molecule has 228 valence electrons. The van der Waals surface area contributed by atoms with E-state index in [9.17, 15) is 19.3 Å². The van der Waals surface area contributed by atoms with E-state index in [2.05, 4.69) is 15.6 Å². The molecule has 1 heterocycles. The molecule has 0 spiro atoms. The number of rotatable bonds is 16. The van der Waals surface area contributed by atoms with E-state index < -0.39 is 31.6 Å². The largest absolute Gasteiger partial charge is 0.480 e. The molecule has 4 N–H and O–H groups in total. The van der Waals surface area contributed by atoms with Crippen LogP contribution in [0.5, 0.6) is 0 Å². The number of aromatic nitrogens is 1. The zero-order chi connectivity index (χ0) is 30.8. The number of carbonyl (C=O) groups is 2. The molecule has 0 radical (unpaired) electrons. The summed E-state index contributed by atoms with van der Waals surface area (Å²) in [5.41, 5.74) is 4.42. The summed E-state index contributed by atoms with van der Waals surface area (Å²) in [4.78, 5) is 28.9. The predicted molar refractivity (Wildman–Crippen MR) is 168 cm³/mol. The van der Waals surface area contributed by atoms with E-state index in [-0.39, 0.29) is 31.8 Å². The molecule has 1 amide bonds. The number of hydrogen-bond acceptors (Lipinski definition) is 6. The number of hydrogen-bond donors (Lipinski definition) is 4. The maximum Gasteiger partial charge on any atom is 0.344 e. The molecule has 2 atom stereocenters. The van der Waals surface area contributed by atoms with Gasteiger partial charge in [0, 0.05) is 23.5 Å². The Hall–Kier alpha value is -3.75. The molecular weight excluding hydrogens is 565 g/mol. The van der Waals surface area contributed by atoms with Gasteiger partial charge in [-0.2, -0.15) is 0 Å². The number of carbonyl (C=O) groups excluding carboxylic acids is 1. The van der Waals surface area contributed by atoms with E-state index in [1.807, 2.05) is 99.6 Å². The van der Waals surface area contributed by atoms with Crippen molar-refractivity contribution in [2.24, 2.45) is 5.92 Å². The van der Waals surface area contributed by atoms with Crippen LogP contribution in [-0.4, -0.2) is 40.3 Å². The lowest BCUT2D eigenvalue weighted by Crippen LogP contribution is -2.51. The van der Waals surface area contributed by atoms with Crippen molar-refractivity contribution in [3.63, 3.8) is 0 Å². The number of aryl methyl sites for hydroxylation is 1. The Morgan fingerprint density at radius 2 is 1.51 bits per heavy atom. The minimum atomic E-state index is -3.73. The van der Waals surface area contributed by atoms with Crippen LogP contribution in [0.25, 0.3) is 10.9 Å². The molecule has 0 unspecified atom stereocenters. The van der Waals surface area contributed by atoms with E-state index in [0.717, 1.165) is 33.2 Å². The summed E-state index contributed by atoms with van der Waals surface area (Å²) >= 11 is 0. The van der Waals surface area contributed by atoms with Crippen LogP contribution >= 0.6 is 7.60 Å². The van der Waals surface area contributed by atoms with Gasteiger partial charge in [0.25, 0.3) is 0 Å². The number of fused-ring (bicyclic) bond motifs is 1. The third-order valence-corrected chi connectivity index (χ3v) is 8.67. The van der Waals surface area contributed by atoms with Gasteiger partial charge < -0.3 is 24.5 Å². The Kier molecular flexibility index (Phi) is 11.3. The van der Waals surface area contributed by atoms with Gasteiger partial charge in [-0.15, -0.1) is 0 Å². The molecule has 0 saturated carbocycles. The highest BCUT2D eigenvalue weighted by molar-refractivity contribution is 7.53. The maximum atomic E-state index is 13.9. The van der Waals surface area contributed by atoms with Crippen LogP contribution in [0.2, 0.25) is 0 Å². The monoisotopic (exact) mass is 605 g/mol. The molecule has 0 aliphatic carbocycles. The second-order valence-electron chi connectivity index (χ2n) is 11.1. The number of benzene rings is 3. The summed E-state index contributed by atoms with van der Waals surface area (Å²) in [6.45, 7) is 6.03. The van der Waals surface area contributed by atoms with Crippen molar-refractivity contribution < 1.29 is 28.3 Å². The summed E-state index contributed by atoms with van der Waals surface area (Å²) < 4.78 is 25.6. The molecule has 9 nitrogen and oxygen atoms in total. The first-order valence-electron chi connectivity index (χ1n) is 14.4. The molecule has 43 heavy (non-hydrogen) atoms. The van der Waals surface area contributed by atoms with Crippen LogP contribution < -0.4 is 10.6 Å². The fourth-order valence-electron chi connectivity index (χ4n) is 4.75. The van der Waals surface area contributed by atoms with Gasteiger partial charge in [-0.3, -0.25) is 14.7 Å². The Bertz CT molecular complexity index is 1490. The molecule has 0 saturated heterocycles. The number of carboxylic acid groups (broad SMARTS) is 1. The topological polar surface area (TPSA) is 130 Å². The Morgan fingerprint density at radius 1 is 0.907 bits per heavy atom. The molecule has 4 aromatic rings. The van der Waals surface area contributed by atoms with Crippen molar-refractivity contribution >= 4 is 30.4 Å². The number of carboxylic acids is 1. The van der Waals surface area contributed by atoms with Gasteiger partial charge in [-0.05, 0) is 48.1 Å². The average molecular weight is 606 g/mol. The molecular formula is C33H40N3O6P. The highest BCUT2D eigenvalue weighted by Crippen LogP contribution is 2.48. The smallest absolute Gasteiger partial charge is 0.344 e. The van der Waals surface area contributed by atoms with E-state index >= 15 is 0 Å². The van der Waals surface area contributed by atoms with Gasteiger partial charge in [0.05, 0.1) is 25.5 Å². The Labute approximate surface area is 252 Å². The molecule has 0 fully saturated rings. The summed E-state index contributed by atoms with van der Waals surface area (Å²) in [6.07, 6.45) is 2.05.